The average molecular weight is 518 g/mol. The fourth-order valence-corrected chi connectivity index (χ4v) is 6.47. The molecule has 2 aromatic heterocycles. The zero-order chi connectivity index (χ0) is 25.9. The van der Waals surface area contributed by atoms with Crippen LogP contribution in [0.25, 0.3) is 10.2 Å². The van der Waals surface area contributed by atoms with Crippen molar-refractivity contribution in [1.82, 2.24) is 9.97 Å². The van der Waals surface area contributed by atoms with E-state index in [1.807, 2.05) is 56.3 Å². The lowest BCUT2D eigenvalue weighted by atomic mass is 9.85. The smallest absolute Gasteiger partial charge is 0.296 e. The molecule has 0 saturated heterocycles. The number of aliphatic hydroxyl groups excluding tert-OH is 1. The number of benzene rings is 2. The first-order valence-electron chi connectivity index (χ1n) is 11.7. The quantitative estimate of drug-likeness (QED) is 0.303. The number of thiazole rings is 2. The summed E-state index contributed by atoms with van der Waals surface area (Å²) < 4.78 is 0.938. The second-order valence-electron chi connectivity index (χ2n) is 10.2. The number of amides is 1. The number of carbonyl (C=O) groups excluding carboxylic acids is 2. The van der Waals surface area contributed by atoms with E-state index in [4.69, 9.17) is 4.98 Å². The Morgan fingerprint density at radius 1 is 1.00 bits per heavy atom. The molecule has 2 aromatic carbocycles. The minimum Gasteiger partial charge on any atom is -0.503 e. The summed E-state index contributed by atoms with van der Waals surface area (Å²) in [5.41, 5.74) is 4.32. The van der Waals surface area contributed by atoms with E-state index in [2.05, 4.69) is 25.8 Å². The van der Waals surface area contributed by atoms with Gasteiger partial charge in [0.15, 0.2) is 10.9 Å². The fourth-order valence-electron chi connectivity index (χ4n) is 4.50. The normalized spacial score (nSPS) is 16.4. The molecule has 0 fully saturated rings. The Bertz CT molecular complexity index is 1560. The van der Waals surface area contributed by atoms with Gasteiger partial charge < -0.3 is 5.11 Å². The van der Waals surface area contributed by atoms with E-state index in [9.17, 15) is 14.7 Å². The van der Waals surface area contributed by atoms with Crippen LogP contribution in [0.15, 0.2) is 53.8 Å². The molecule has 1 aliphatic rings. The van der Waals surface area contributed by atoms with Gasteiger partial charge in [-0.25, -0.2) is 9.97 Å². The van der Waals surface area contributed by atoms with Crippen LogP contribution in [-0.4, -0.2) is 26.8 Å². The Morgan fingerprint density at radius 3 is 2.31 bits per heavy atom. The van der Waals surface area contributed by atoms with Crippen LogP contribution in [0.1, 0.15) is 63.9 Å². The lowest BCUT2D eigenvalue weighted by Gasteiger charge is -2.26. The number of nitrogens with zero attached hydrogens (tertiary/aromatic N) is 3. The first-order chi connectivity index (χ1) is 17.0. The zero-order valence-electron chi connectivity index (χ0n) is 21.0. The topological polar surface area (TPSA) is 83.4 Å². The van der Waals surface area contributed by atoms with Crippen LogP contribution in [-0.2, 0) is 10.2 Å². The molecule has 0 spiro atoms. The maximum Gasteiger partial charge on any atom is 0.296 e. The summed E-state index contributed by atoms with van der Waals surface area (Å²) >= 11 is 2.64. The molecule has 1 aliphatic heterocycles. The molecule has 1 unspecified atom stereocenters. The lowest BCUT2D eigenvalue weighted by molar-refractivity contribution is -0.117. The molecule has 5 rings (SSSR count). The summed E-state index contributed by atoms with van der Waals surface area (Å²) in [6.07, 6.45) is 0. The van der Waals surface area contributed by atoms with Crippen LogP contribution in [0.4, 0.5) is 5.13 Å². The molecule has 3 heterocycles. The summed E-state index contributed by atoms with van der Waals surface area (Å²) in [4.78, 5) is 38.3. The first-order valence-corrected chi connectivity index (χ1v) is 13.3. The molecule has 6 nitrogen and oxygen atoms in total. The first kappa shape index (κ1) is 24.3. The van der Waals surface area contributed by atoms with Gasteiger partial charge >= 0.3 is 0 Å². The predicted molar refractivity (Wildman–Crippen MR) is 145 cm³/mol. The number of hydrogen-bond donors (Lipinski definition) is 1. The van der Waals surface area contributed by atoms with E-state index in [1.54, 1.807) is 6.92 Å². The second kappa shape index (κ2) is 8.64. The van der Waals surface area contributed by atoms with E-state index in [1.165, 1.54) is 27.6 Å². The third-order valence-electron chi connectivity index (χ3n) is 6.39. The van der Waals surface area contributed by atoms with Gasteiger partial charge in [-0.05, 0) is 55.0 Å². The molecular weight excluding hydrogens is 490 g/mol. The molecule has 0 aliphatic carbocycles. The minimum absolute atomic E-state index is 0.0531. The van der Waals surface area contributed by atoms with Crippen molar-refractivity contribution in [2.75, 3.05) is 4.90 Å². The van der Waals surface area contributed by atoms with Crippen LogP contribution >= 0.6 is 22.7 Å². The van der Waals surface area contributed by atoms with Gasteiger partial charge in [-0.2, -0.15) is 0 Å². The summed E-state index contributed by atoms with van der Waals surface area (Å²) in [7, 11) is 0. The predicted octanol–water partition coefficient (Wildman–Crippen LogP) is 6.76. The Kier molecular flexibility index (Phi) is 5.84. The van der Waals surface area contributed by atoms with Gasteiger partial charge in [-0.1, -0.05) is 62.4 Å². The van der Waals surface area contributed by atoms with Crippen molar-refractivity contribution < 1.29 is 14.7 Å². The van der Waals surface area contributed by atoms with Crippen molar-refractivity contribution >= 4 is 49.7 Å². The van der Waals surface area contributed by atoms with Crippen molar-refractivity contribution in [3.63, 3.8) is 0 Å². The number of anilines is 1. The number of aliphatic hydroxyl groups is 1. The number of ketones is 1. The van der Waals surface area contributed by atoms with E-state index < -0.39 is 17.7 Å². The van der Waals surface area contributed by atoms with Crippen molar-refractivity contribution in [3.8, 4) is 0 Å². The lowest BCUT2D eigenvalue weighted by Crippen LogP contribution is -2.31. The third-order valence-corrected chi connectivity index (χ3v) is 8.48. The number of aryl methyl sites for hydroxylation is 3. The molecular formula is C28H27N3O3S2. The van der Waals surface area contributed by atoms with E-state index in [-0.39, 0.29) is 16.8 Å². The molecule has 0 bridgehead atoms. The summed E-state index contributed by atoms with van der Waals surface area (Å²) in [6, 6.07) is 13.0. The second-order valence-corrected chi connectivity index (χ2v) is 12.4. The van der Waals surface area contributed by atoms with Crippen LogP contribution in [0.3, 0.4) is 0 Å². The monoisotopic (exact) mass is 517 g/mol. The minimum atomic E-state index is -0.803. The number of rotatable bonds is 4. The van der Waals surface area contributed by atoms with Gasteiger partial charge in [0.05, 0.1) is 37.4 Å². The average Bonchev–Trinajstić information content (AvgIpc) is 3.46. The molecule has 4 aromatic rings. The molecule has 184 valence electrons. The van der Waals surface area contributed by atoms with Gasteiger partial charge in [0.25, 0.3) is 5.91 Å². The van der Waals surface area contributed by atoms with Crippen LogP contribution in [0, 0.1) is 20.8 Å². The molecule has 0 radical (unpaired) electrons. The molecule has 8 heteroatoms. The number of aromatic nitrogens is 2. The summed E-state index contributed by atoms with van der Waals surface area (Å²) in [6.45, 7) is 12.0. The maximum absolute atomic E-state index is 13.8. The largest absolute Gasteiger partial charge is 0.503 e. The molecule has 0 saturated carbocycles. The van der Waals surface area contributed by atoms with Crippen LogP contribution in [0.2, 0.25) is 0 Å². The van der Waals surface area contributed by atoms with Crippen LogP contribution in [0.5, 0.6) is 0 Å². The van der Waals surface area contributed by atoms with Crippen molar-refractivity contribution in [1.29, 1.82) is 0 Å². The van der Waals surface area contributed by atoms with Crippen molar-refractivity contribution in [2.24, 2.45) is 0 Å². The summed E-state index contributed by atoms with van der Waals surface area (Å²) in [5.74, 6) is -1.54. The summed E-state index contributed by atoms with van der Waals surface area (Å²) in [5, 5.41) is 12.3. The fraction of sp³-hybridized carbons (Fsp3) is 0.286. The van der Waals surface area contributed by atoms with Crippen molar-refractivity contribution in [3.05, 3.63) is 86.1 Å². The standard InChI is InChI=1S/C28H27N3O3S2/c1-14-7-12-19-20(13-14)36-27(30-19)31-22(17-8-10-18(11-9-17)28(4,5)6)21(24(33)26(31)34)23(32)25-15(2)29-16(3)35-25/h7-13,22,33H,1-6H3. The highest BCUT2D eigenvalue weighted by molar-refractivity contribution is 7.22. The van der Waals surface area contributed by atoms with Crippen LogP contribution < -0.4 is 4.90 Å². The molecule has 1 N–H and O–H groups in total. The van der Waals surface area contributed by atoms with E-state index >= 15 is 0 Å². The zero-order valence-corrected chi connectivity index (χ0v) is 22.7. The Morgan fingerprint density at radius 2 is 1.69 bits per heavy atom. The van der Waals surface area contributed by atoms with Gasteiger partial charge in [-0.3, -0.25) is 14.5 Å². The van der Waals surface area contributed by atoms with Gasteiger partial charge in [0.2, 0.25) is 5.78 Å². The van der Waals surface area contributed by atoms with E-state index in [0.29, 0.717) is 15.7 Å². The molecule has 36 heavy (non-hydrogen) atoms. The van der Waals surface area contributed by atoms with E-state index in [0.717, 1.165) is 31.9 Å². The maximum atomic E-state index is 13.8. The number of carbonyl (C=O) groups is 2. The highest BCUT2D eigenvalue weighted by Crippen LogP contribution is 2.45. The van der Waals surface area contributed by atoms with Gasteiger partial charge in [-0.15, -0.1) is 11.3 Å². The number of Topliss-reactive ketones (excluding diaryl/α,β-unsaturated/α-hetero) is 1. The SMILES string of the molecule is Cc1ccc2nc(N3C(=O)C(O)=C(C(=O)c4sc(C)nc4C)C3c3ccc(C(C)(C)C)cc3)sc2c1. The number of hydrogen-bond acceptors (Lipinski definition) is 7. The highest BCUT2D eigenvalue weighted by Gasteiger charge is 2.46. The number of fused-ring (bicyclic) bond motifs is 1. The van der Waals surface area contributed by atoms with Gasteiger partial charge in [0, 0.05) is 0 Å². The molecule has 1 atom stereocenters. The Hall–Kier alpha value is -3.36. The Labute approximate surface area is 218 Å². The molecule has 1 amide bonds. The third kappa shape index (κ3) is 4.04. The van der Waals surface area contributed by atoms with Gasteiger partial charge in [0.1, 0.15) is 0 Å². The highest BCUT2D eigenvalue weighted by atomic mass is 32.1. The Balaban J connectivity index is 1.68. The van der Waals surface area contributed by atoms with Crippen molar-refractivity contribution in [2.45, 2.75) is 53.0 Å².